The third-order valence-corrected chi connectivity index (χ3v) is 6.08. The second-order valence-corrected chi connectivity index (χ2v) is 8.52. The summed E-state index contributed by atoms with van der Waals surface area (Å²) in [5, 5.41) is 7.14. The Morgan fingerprint density at radius 3 is 2.52 bits per heavy atom. The molecule has 0 atom stereocenters. The van der Waals surface area contributed by atoms with E-state index in [1.54, 1.807) is 28.9 Å². The molecule has 8 heteroatoms. The lowest BCUT2D eigenvalue weighted by atomic mass is 10.2. The van der Waals surface area contributed by atoms with E-state index in [2.05, 4.69) is 14.8 Å². The van der Waals surface area contributed by atoms with Crippen LogP contribution in [0.25, 0.3) is 5.13 Å². The molecule has 6 nitrogen and oxygen atoms in total. The fourth-order valence-corrected chi connectivity index (χ4v) is 4.34. The van der Waals surface area contributed by atoms with Crippen molar-refractivity contribution < 1.29 is 8.42 Å². The minimum absolute atomic E-state index is 0.278. The van der Waals surface area contributed by atoms with Gasteiger partial charge in [0.15, 0.2) is 0 Å². The molecule has 0 unspecified atom stereocenters. The molecule has 0 saturated carbocycles. The van der Waals surface area contributed by atoms with Gasteiger partial charge >= 0.3 is 0 Å². The number of benzene rings is 1. The minimum atomic E-state index is -3.49. The Balaban J connectivity index is 1.63. The first-order chi connectivity index (χ1) is 11.8. The summed E-state index contributed by atoms with van der Waals surface area (Å²) < 4.78 is 29.0. The van der Waals surface area contributed by atoms with Crippen molar-refractivity contribution >= 4 is 21.4 Å². The predicted molar refractivity (Wildman–Crippen MR) is 98.8 cm³/mol. The molecule has 0 saturated heterocycles. The lowest BCUT2D eigenvalue weighted by molar-refractivity contribution is 0.581. The van der Waals surface area contributed by atoms with Crippen LogP contribution < -0.4 is 4.72 Å². The van der Waals surface area contributed by atoms with Gasteiger partial charge in [0, 0.05) is 24.0 Å². The van der Waals surface area contributed by atoms with Crippen LogP contribution >= 0.6 is 11.3 Å². The van der Waals surface area contributed by atoms with Gasteiger partial charge < -0.3 is 0 Å². The molecule has 132 valence electrons. The van der Waals surface area contributed by atoms with E-state index in [1.807, 2.05) is 32.2 Å². The summed E-state index contributed by atoms with van der Waals surface area (Å²) in [6.45, 7) is 6.15. The van der Waals surface area contributed by atoms with E-state index in [1.165, 1.54) is 11.3 Å². The highest BCUT2D eigenvalue weighted by molar-refractivity contribution is 7.89. The van der Waals surface area contributed by atoms with E-state index in [0.29, 0.717) is 13.0 Å². The molecular formula is C17H20N4O2S2. The zero-order valence-corrected chi connectivity index (χ0v) is 16.0. The molecule has 1 N–H and O–H groups in total. The zero-order chi connectivity index (χ0) is 18.0. The van der Waals surface area contributed by atoms with Gasteiger partial charge in [0.25, 0.3) is 0 Å². The Hall–Kier alpha value is -2.03. The fourth-order valence-electron chi connectivity index (χ4n) is 2.45. The van der Waals surface area contributed by atoms with Crippen molar-refractivity contribution in [3.63, 3.8) is 0 Å². The molecule has 0 aliphatic carbocycles. The van der Waals surface area contributed by atoms with Crippen LogP contribution in [0.15, 0.2) is 40.6 Å². The van der Waals surface area contributed by atoms with Gasteiger partial charge in [-0.1, -0.05) is 17.7 Å². The standard InChI is InChI=1S/C17H20N4O2S2/c1-12-4-6-16(7-5-12)25(22,23)18-9-8-15-11-24-17(19-15)21-14(3)10-13(2)20-21/h4-7,10-11,18H,8-9H2,1-3H3. The first kappa shape index (κ1) is 17.8. The average molecular weight is 377 g/mol. The first-order valence-corrected chi connectivity index (χ1v) is 10.3. The van der Waals surface area contributed by atoms with Crippen LogP contribution in [-0.4, -0.2) is 29.7 Å². The molecule has 1 aromatic carbocycles. The minimum Gasteiger partial charge on any atom is -0.223 e. The molecule has 0 aliphatic heterocycles. The monoisotopic (exact) mass is 376 g/mol. The van der Waals surface area contributed by atoms with E-state index in [-0.39, 0.29) is 4.90 Å². The Kier molecular flexibility index (Phi) is 5.03. The number of sulfonamides is 1. The number of nitrogens with zero attached hydrogens (tertiary/aromatic N) is 3. The van der Waals surface area contributed by atoms with Crippen molar-refractivity contribution in [2.45, 2.75) is 32.1 Å². The molecule has 2 heterocycles. The Bertz CT molecular complexity index is 973. The Morgan fingerprint density at radius 2 is 1.88 bits per heavy atom. The van der Waals surface area contributed by atoms with Gasteiger partial charge in [-0.05, 0) is 39.0 Å². The second-order valence-electron chi connectivity index (χ2n) is 5.92. The summed E-state index contributed by atoms with van der Waals surface area (Å²) >= 11 is 1.50. The number of hydrogen-bond acceptors (Lipinski definition) is 5. The van der Waals surface area contributed by atoms with Gasteiger partial charge in [-0.2, -0.15) is 5.10 Å². The number of rotatable bonds is 6. The Labute approximate surface area is 151 Å². The summed E-state index contributed by atoms with van der Waals surface area (Å²) in [4.78, 5) is 4.82. The van der Waals surface area contributed by atoms with Gasteiger partial charge in [-0.3, -0.25) is 0 Å². The summed E-state index contributed by atoms with van der Waals surface area (Å²) in [7, 11) is -3.49. The van der Waals surface area contributed by atoms with Gasteiger partial charge in [-0.25, -0.2) is 22.8 Å². The van der Waals surface area contributed by atoms with Crippen LogP contribution in [0.4, 0.5) is 0 Å². The van der Waals surface area contributed by atoms with Gasteiger partial charge in [-0.15, -0.1) is 11.3 Å². The lowest BCUT2D eigenvalue weighted by Gasteiger charge is -2.06. The zero-order valence-electron chi connectivity index (χ0n) is 14.4. The number of nitrogens with one attached hydrogen (secondary N) is 1. The summed E-state index contributed by atoms with van der Waals surface area (Å²) in [6, 6.07) is 8.80. The van der Waals surface area contributed by atoms with Gasteiger partial charge in [0.1, 0.15) is 0 Å². The largest absolute Gasteiger partial charge is 0.240 e. The number of hydrogen-bond donors (Lipinski definition) is 1. The van der Waals surface area contributed by atoms with E-state index < -0.39 is 10.0 Å². The molecule has 0 amide bonds. The van der Waals surface area contributed by atoms with Crippen molar-refractivity contribution in [2.24, 2.45) is 0 Å². The Morgan fingerprint density at radius 1 is 1.16 bits per heavy atom. The molecule has 3 rings (SSSR count). The molecule has 25 heavy (non-hydrogen) atoms. The second kappa shape index (κ2) is 7.07. The smallest absolute Gasteiger partial charge is 0.223 e. The van der Waals surface area contributed by atoms with E-state index in [4.69, 9.17) is 0 Å². The number of aromatic nitrogens is 3. The molecule has 0 aliphatic rings. The van der Waals surface area contributed by atoms with E-state index in [9.17, 15) is 8.42 Å². The van der Waals surface area contributed by atoms with Crippen LogP contribution in [-0.2, 0) is 16.4 Å². The average Bonchev–Trinajstić information content (AvgIpc) is 3.13. The number of thiazole rings is 1. The molecule has 0 fully saturated rings. The van der Waals surface area contributed by atoms with Crippen molar-refractivity contribution in [3.05, 3.63) is 58.4 Å². The molecule has 0 spiro atoms. The quantitative estimate of drug-likeness (QED) is 0.718. The normalized spacial score (nSPS) is 11.8. The van der Waals surface area contributed by atoms with Crippen LogP contribution in [0.3, 0.4) is 0 Å². The highest BCUT2D eigenvalue weighted by atomic mass is 32.2. The summed E-state index contributed by atoms with van der Waals surface area (Å²) in [6.07, 6.45) is 0.529. The maximum Gasteiger partial charge on any atom is 0.240 e. The van der Waals surface area contributed by atoms with Gasteiger partial charge in [0.05, 0.1) is 16.3 Å². The van der Waals surface area contributed by atoms with Gasteiger partial charge in [0.2, 0.25) is 15.2 Å². The maximum absolute atomic E-state index is 12.3. The van der Waals surface area contributed by atoms with Crippen LogP contribution in [0.2, 0.25) is 0 Å². The predicted octanol–water partition coefficient (Wildman–Crippen LogP) is 2.78. The molecule has 2 aromatic heterocycles. The van der Waals surface area contributed by atoms with Crippen LogP contribution in [0, 0.1) is 20.8 Å². The van der Waals surface area contributed by atoms with Crippen molar-refractivity contribution in [2.75, 3.05) is 6.54 Å². The van der Waals surface area contributed by atoms with Crippen molar-refractivity contribution in [1.29, 1.82) is 0 Å². The highest BCUT2D eigenvalue weighted by Gasteiger charge is 2.14. The number of aryl methyl sites for hydroxylation is 3. The molecule has 3 aromatic rings. The van der Waals surface area contributed by atoms with Crippen LogP contribution in [0.5, 0.6) is 0 Å². The topological polar surface area (TPSA) is 76.9 Å². The van der Waals surface area contributed by atoms with Crippen LogP contribution in [0.1, 0.15) is 22.6 Å². The molecular weight excluding hydrogens is 356 g/mol. The summed E-state index contributed by atoms with van der Waals surface area (Å²) in [5.41, 5.74) is 3.84. The maximum atomic E-state index is 12.3. The third-order valence-electron chi connectivity index (χ3n) is 3.73. The third kappa shape index (κ3) is 4.15. The molecule has 0 bridgehead atoms. The molecule has 0 radical (unpaired) electrons. The van der Waals surface area contributed by atoms with Crippen molar-refractivity contribution in [1.82, 2.24) is 19.5 Å². The van der Waals surface area contributed by atoms with E-state index in [0.717, 1.165) is 27.8 Å². The fraction of sp³-hybridized carbons (Fsp3) is 0.294. The highest BCUT2D eigenvalue weighted by Crippen LogP contribution is 2.17. The van der Waals surface area contributed by atoms with Crippen molar-refractivity contribution in [3.8, 4) is 5.13 Å². The first-order valence-electron chi connectivity index (χ1n) is 7.89. The lowest BCUT2D eigenvalue weighted by Crippen LogP contribution is -2.26. The summed E-state index contributed by atoms with van der Waals surface area (Å²) in [5.74, 6) is 0. The SMILES string of the molecule is Cc1ccc(S(=O)(=O)NCCc2csc(-n3nc(C)cc3C)n2)cc1. The van der Waals surface area contributed by atoms with E-state index >= 15 is 0 Å².